The van der Waals surface area contributed by atoms with E-state index in [4.69, 9.17) is 16.3 Å². The highest BCUT2D eigenvalue weighted by molar-refractivity contribution is 7.89. The summed E-state index contributed by atoms with van der Waals surface area (Å²) in [5.74, 6) is -1.09. The number of sulfonamides is 1. The second-order valence-corrected chi connectivity index (χ2v) is 10.6. The van der Waals surface area contributed by atoms with E-state index in [1.807, 2.05) is 43.3 Å². The summed E-state index contributed by atoms with van der Waals surface area (Å²) in [4.78, 5) is 13.0. The molecule has 0 aliphatic carbocycles. The molecule has 0 aromatic heterocycles. The molecule has 0 saturated carbocycles. The average molecular weight is 508 g/mol. The van der Waals surface area contributed by atoms with Crippen LogP contribution in [0.4, 0.5) is 0 Å². The number of rotatable bonds is 7. The summed E-state index contributed by atoms with van der Waals surface area (Å²) < 4.78 is 34.8. The van der Waals surface area contributed by atoms with E-state index in [2.05, 4.69) is 6.58 Å². The molecule has 0 unspecified atom stereocenters. The van der Waals surface area contributed by atoms with Crippen molar-refractivity contribution < 1.29 is 17.9 Å². The van der Waals surface area contributed by atoms with Gasteiger partial charge in [0.1, 0.15) is 0 Å². The van der Waals surface area contributed by atoms with Crippen molar-refractivity contribution in [3.8, 4) is 0 Å². The molecular formula is C28H26ClNO4S. The van der Waals surface area contributed by atoms with Crippen molar-refractivity contribution in [1.29, 1.82) is 0 Å². The molecule has 1 aliphatic heterocycles. The van der Waals surface area contributed by atoms with Crippen LogP contribution in [0.1, 0.15) is 29.5 Å². The Morgan fingerprint density at radius 2 is 1.63 bits per heavy atom. The standard InChI is InChI=1S/C28H26ClNO4S/c1-4-34-28(31)20(3)27-25(21-8-6-5-7-9-21)18-26(22-12-14-23(29)15-13-22)30(27)35(32,33)24-16-10-19(2)11-17-24/h5-18,25,27H,3-4H2,1-2H3/t25-,27-/m1/s1. The Morgan fingerprint density at radius 3 is 2.23 bits per heavy atom. The zero-order valence-electron chi connectivity index (χ0n) is 19.5. The van der Waals surface area contributed by atoms with Crippen molar-refractivity contribution in [3.05, 3.63) is 119 Å². The molecule has 3 aromatic rings. The molecule has 0 amide bonds. The summed E-state index contributed by atoms with van der Waals surface area (Å²) in [6.07, 6.45) is 1.87. The average Bonchev–Trinajstić information content (AvgIpc) is 3.26. The number of esters is 1. The van der Waals surface area contributed by atoms with Crippen molar-refractivity contribution in [2.75, 3.05) is 6.61 Å². The lowest BCUT2D eigenvalue weighted by Crippen LogP contribution is -2.41. The number of hydrogen-bond donors (Lipinski definition) is 0. The van der Waals surface area contributed by atoms with Crippen molar-refractivity contribution in [2.24, 2.45) is 0 Å². The highest BCUT2D eigenvalue weighted by atomic mass is 35.5. The van der Waals surface area contributed by atoms with Crippen LogP contribution in [0, 0.1) is 6.92 Å². The summed E-state index contributed by atoms with van der Waals surface area (Å²) in [5, 5.41) is 0.535. The number of aryl methyl sites for hydroxylation is 1. The molecule has 1 heterocycles. The molecule has 180 valence electrons. The summed E-state index contributed by atoms with van der Waals surface area (Å²) in [7, 11) is -4.08. The van der Waals surface area contributed by atoms with Crippen LogP contribution in [0.15, 0.2) is 102 Å². The molecule has 0 fully saturated rings. The van der Waals surface area contributed by atoms with Gasteiger partial charge in [0.25, 0.3) is 10.0 Å². The van der Waals surface area contributed by atoms with Crippen LogP contribution in [-0.2, 0) is 19.6 Å². The lowest BCUT2D eigenvalue weighted by atomic mass is 9.89. The summed E-state index contributed by atoms with van der Waals surface area (Å²) in [6.45, 7) is 7.76. The maximum atomic E-state index is 14.1. The predicted molar refractivity (Wildman–Crippen MR) is 138 cm³/mol. The van der Waals surface area contributed by atoms with E-state index < -0.39 is 28.0 Å². The fourth-order valence-corrected chi connectivity index (χ4v) is 6.05. The Labute approximate surface area is 211 Å². The minimum Gasteiger partial charge on any atom is -0.463 e. The Hall–Kier alpha value is -3.35. The predicted octanol–water partition coefficient (Wildman–Crippen LogP) is 5.97. The third-order valence-electron chi connectivity index (χ3n) is 5.96. The van der Waals surface area contributed by atoms with Crippen LogP contribution >= 0.6 is 11.6 Å². The van der Waals surface area contributed by atoms with Gasteiger partial charge in [-0.1, -0.05) is 78.3 Å². The Morgan fingerprint density at radius 1 is 1.00 bits per heavy atom. The zero-order chi connectivity index (χ0) is 25.2. The van der Waals surface area contributed by atoms with Gasteiger partial charge in [0.15, 0.2) is 0 Å². The molecule has 0 saturated heterocycles. The largest absolute Gasteiger partial charge is 0.463 e. The molecule has 3 aromatic carbocycles. The maximum absolute atomic E-state index is 14.1. The molecule has 7 heteroatoms. The number of hydrogen-bond acceptors (Lipinski definition) is 4. The number of ether oxygens (including phenoxy) is 1. The maximum Gasteiger partial charge on any atom is 0.335 e. The minimum absolute atomic E-state index is 0.0663. The third kappa shape index (κ3) is 4.90. The molecule has 0 spiro atoms. The van der Waals surface area contributed by atoms with Gasteiger partial charge < -0.3 is 4.74 Å². The van der Waals surface area contributed by atoms with Crippen molar-refractivity contribution in [1.82, 2.24) is 4.31 Å². The Kier molecular flexibility index (Phi) is 7.15. The smallest absolute Gasteiger partial charge is 0.335 e. The Bertz CT molecular complexity index is 1360. The van der Waals surface area contributed by atoms with Gasteiger partial charge in [-0.25, -0.2) is 13.2 Å². The van der Waals surface area contributed by atoms with E-state index >= 15 is 0 Å². The van der Waals surface area contributed by atoms with E-state index in [1.165, 1.54) is 4.31 Å². The SMILES string of the molecule is C=C(C(=O)OCC)[C@@H]1[C@@H](c2ccccc2)C=C(c2ccc(Cl)cc2)N1S(=O)(=O)c1ccc(C)cc1. The van der Waals surface area contributed by atoms with Crippen LogP contribution in [0.2, 0.25) is 5.02 Å². The fourth-order valence-electron chi connectivity index (χ4n) is 4.23. The van der Waals surface area contributed by atoms with Crippen molar-refractivity contribution in [3.63, 3.8) is 0 Å². The van der Waals surface area contributed by atoms with Crippen molar-refractivity contribution >= 4 is 33.3 Å². The number of carbonyl (C=O) groups is 1. The van der Waals surface area contributed by atoms with Crippen LogP contribution in [0.25, 0.3) is 5.70 Å². The van der Waals surface area contributed by atoms with E-state index in [0.29, 0.717) is 16.3 Å². The quantitative estimate of drug-likeness (QED) is 0.292. The van der Waals surface area contributed by atoms with Gasteiger partial charge in [0.2, 0.25) is 0 Å². The molecular weight excluding hydrogens is 482 g/mol. The van der Waals surface area contributed by atoms with Gasteiger partial charge in [-0.2, -0.15) is 0 Å². The molecule has 0 bridgehead atoms. The van der Waals surface area contributed by atoms with Gasteiger partial charge in [-0.15, -0.1) is 0 Å². The van der Waals surface area contributed by atoms with Crippen molar-refractivity contribution in [2.45, 2.75) is 30.7 Å². The van der Waals surface area contributed by atoms with E-state index in [0.717, 1.165) is 11.1 Å². The number of benzene rings is 3. The second-order valence-electron chi connectivity index (χ2n) is 8.30. The van der Waals surface area contributed by atoms with E-state index in [9.17, 15) is 13.2 Å². The molecule has 2 atom stereocenters. The summed E-state index contributed by atoms with van der Waals surface area (Å²) in [5.41, 5.74) is 2.97. The molecule has 35 heavy (non-hydrogen) atoms. The number of carbonyl (C=O) groups excluding carboxylic acids is 1. The second kappa shape index (κ2) is 10.1. The highest BCUT2D eigenvalue weighted by Crippen LogP contribution is 2.45. The first-order chi connectivity index (χ1) is 16.7. The first-order valence-electron chi connectivity index (χ1n) is 11.2. The summed E-state index contributed by atoms with van der Waals surface area (Å²) in [6, 6.07) is 22.2. The van der Waals surface area contributed by atoms with Gasteiger partial charge in [0.05, 0.1) is 28.8 Å². The lowest BCUT2D eigenvalue weighted by molar-refractivity contribution is -0.139. The number of halogens is 1. The van der Waals surface area contributed by atoms with E-state index in [1.54, 1.807) is 55.5 Å². The molecule has 1 aliphatic rings. The molecule has 5 nitrogen and oxygen atoms in total. The van der Waals surface area contributed by atoms with Gasteiger partial charge in [-0.05, 0) is 55.3 Å². The Balaban J connectivity index is 1.94. The first-order valence-corrected chi connectivity index (χ1v) is 13.1. The minimum atomic E-state index is -4.08. The third-order valence-corrected chi connectivity index (χ3v) is 8.03. The van der Waals surface area contributed by atoms with Gasteiger partial charge in [-0.3, -0.25) is 4.31 Å². The summed E-state index contributed by atoms with van der Waals surface area (Å²) >= 11 is 6.11. The van der Waals surface area contributed by atoms with Crippen LogP contribution in [0.5, 0.6) is 0 Å². The topological polar surface area (TPSA) is 63.7 Å². The van der Waals surface area contributed by atoms with Crippen LogP contribution in [-0.4, -0.2) is 31.3 Å². The normalized spacial score (nSPS) is 17.7. The fraction of sp³-hybridized carbons (Fsp3) is 0.179. The van der Waals surface area contributed by atoms with Gasteiger partial charge >= 0.3 is 5.97 Å². The van der Waals surface area contributed by atoms with Crippen LogP contribution in [0.3, 0.4) is 0 Å². The van der Waals surface area contributed by atoms with Crippen LogP contribution < -0.4 is 0 Å². The highest BCUT2D eigenvalue weighted by Gasteiger charge is 2.46. The first kappa shape index (κ1) is 24.8. The van der Waals surface area contributed by atoms with Gasteiger partial charge in [0, 0.05) is 10.9 Å². The molecule has 0 N–H and O–H groups in total. The molecule has 0 radical (unpaired) electrons. The van der Waals surface area contributed by atoms with E-state index in [-0.39, 0.29) is 17.1 Å². The number of nitrogens with zero attached hydrogens (tertiary/aromatic N) is 1. The molecule has 4 rings (SSSR count). The zero-order valence-corrected chi connectivity index (χ0v) is 21.1. The monoisotopic (exact) mass is 507 g/mol. The lowest BCUT2D eigenvalue weighted by Gasteiger charge is -2.32.